The van der Waals surface area contributed by atoms with Crippen LogP contribution < -0.4 is 15.4 Å². The van der Waals surface area contributed by atoms with E-state index in [2.05, 4.69) is 10.6 Å². The molecule has 0 saturated carbocycles. The van der Waals surface area contributed by atoms with Crippen LogP contribution in [0, 0.1) is 12.8 Å². The Morgan fingerprint density at radius 2 is 2.16 bits per heavy atom. The minimum Gasteiger partial charge on any atom is -0.496 e. The summed E-state index contributed by atoms with van der Waals surface area (Å²) in [5, 5.41) is 5.92. The molecule has 25 heavy (non-hydrogen) atoms. The zero-order valence-electron chi connectivity index (χ0n) is 15.4. The maximum atomic E-state index is 12.5. The topological polar surface area (TPSA) is 70.7 Å². The molecule has 6 heteroatoms. The molecule has 1 aliphatic heterocycles. The van der Waals surface area contributed by atoms with Crippen LogP contribution in [0.5, 0.6) is 5.75 Å². The van der Waals surface area contributed by atoms with Gasteiger partial charge in [0.05, 0.1) is 7.11 Å². The SMILES string of the molecule is CCCC(=O)NC[C@@H]1CCCN(C(=O)Nc2ccc(OC)c(C)c2)C1. The molecular formula is C19H29N3O3. The van der Waals surface area contributed by atoms with Crippen LogP contribution >= 0.6 is 0 Å². The number of carbonyl (C=O) groups excluding carboxylic acids is 2. The van der Waals surface area contributed by atoms with Gasteiger partial charge in [0.15, 0.2) is 0 Å². The van der Waals surface area contributed by atoms with E-state index in [9.17, 15) is 9.59 Å². The average molecular weight is 347 g/mol. The van der Waals surface area contributed by atoms with Gasteiger partial charge < -0.3 is 20.3 Å². The molecule has 1 atom stereocenters. The first-order valence-electron chi connectivity index (χ1n) is 9.00. The first-order valence-corrected chi connectivity index (χ1v) is 9.00. The second-order valence-electron chi connectivity index (χ2n) is 6.62. The molecule has 1 aromatic carbocycles. The smallest absolute Gasteiger partial charge is 0.321 e. The Kier molecular flexibility index (Phi) is 7.10. The molecule has 1 aromatic rings. The molecule has 3 amide bonds. The van der Waals surface area contributed by atoms with Gasteiger partial charge in [0.2, 0.25) is 5.91 Å². The summed E-state index contributed by atoms with van der Waals surface area (Å²) < 4.78 is 5.24. The van der Waals surface area contributed by atoms with E-state index in [1.165, 1.54) is 0 Å². The van der Waals surface area contributed by atoms with Crippen molar-refractivity contribution in [1.82, 2.24) is 10.2 Å². The fraction of sp³-hybridized carbons (Fsp3) is 0.579. The molecule has 0 aromatic heterocycles. The quantitative estimate of drug-likeness (QED) is 0.830. The first-order chi connectivity index (χ1) is 12.0. The van der Waals surface area contributed by atoms with Crippen molar-refractivity contribution >= 4 is 17.6 Å². The number of anilines is 1. The van der Waals surface area contributed by atoms with Gasteiger partial charge in [-0.1, -0.05) is 6.92 Å². The summed E-state index contributed by atoms with van der Waals surface area (Å²) in [4.78, 5) is 26.0. The highest BCUT2D eigenvalue weighted by molar-refractivity contribution is 5.89. The van der Waals surface area contributed by atoms with Gasteiger partial charge in [0.25, 0.3) is 0 Å². The zero-order chi connectivity index (χ0) is 18.2. The molecule has 1 saturated heterocycles. The van der Waals surface area contributed by atoms with Crippen LogP contribution in [0.1, 0.15) is 38.2 Å². The minimum absolute atomic E-state index is 0.0887. The van der Waals surface area contributed by atoms with Crippen LogP contribution in [0.4, 0.5) is 10.5 Å². The fourth-order valence-corrected chi connectivity index (χ4v) is 3.15. The maximum absolute atomic E-state index is 12.5. The largest absolute Gasteiger partial charge is 0.496 e. The number of benzene rings is 1. The van der Waals surface area contributed by atoms with Gasteiger partial charge in [-0.2, -0.15) is 0 Å². The van der Waals surface area contributed by atoms with E-state index in [1.807, 2.05) is 36.9 Å². The van der Waals surface area contributed by atoms with Gasteiger partial charge in [-0.25, -0.2) is 4.79 Å². The molecule has 2 N–H and O–H groups in total. The Hall–Kier alpha value is -2.24. The highest BCUT2D eigenvalue weighted by Crippen LogP contribution is 2.22. The number of likely N-dealkylation sites (tertiary alicyclic amines) is 1. The van der Waals surface area contributed by atoms with Crippen LogP contribution in [-0.2, 0) is 4.79 Å². The van der Waals surface area contributed by atoms with E-state index in [1.54, 1.807) is 7.11 Å². The van der Waals surface area contributed by atoms with Crippen LogP contribution in [0.2, 0.25) is 0 Å². The van der Waals surface area contributed by atoms with Crippen molar-refractivity contribution in [2.24, 2.45) is 5.92 Å². The second-order valence-corrected chi connectivity index (χ2v) is 6.62. The van der Waals surface area contributed by atoms with Gasteiger partial charge in [-0.05, 0) is 55.9 Å². The molecule has 0 aliphatic carbocycles. The fourth-order valence-electron chi connectivity index (χ4n) is 3.15. The van der Waals surface area contributed by atoms with Gasteiger partial charge in [0.1, 0.15) is 5.75 Å². The number of ether oxygens (including phenoxy) is 1. The molecule has 6 nitrogen and oxygen atoms in total. The number of nitrogens with zero attached hydrogens (tertiary/aromatic N) is 1. The van der Waals surface area contributed by atoms with Crippen LogP contribution in [0.25, 0.3) is 0 Å². The predicted octanol–water partition coefficient (Wildman–Crippen LogP) is 3.16. The molecular weight excluding hydrogens is 318 g/mol. The van der Waals surface area contributed by atoms with Crippen LogP contribution in [0.3, 0.4) is 0 Å². The molecule has 0 radical (unpaired) electrons. The van der Waals surface area contributed by atoms with Crippen LogP contribution in [-0.4, -0.2) is 43.6 Å². The summed E-state index contributed by atoms with van der Waals surface area (Å²) in [5.74, 6) is 1.22. The second kappa shape index (κ2) is 9.30. The van der Waals surface area contributed by atoms with E-state index in [0.29, 0.717) is 25.4 Å². The number of urea groups is 1. The number of aryl methyl sites for hydroxylation is 1. The predicted molar refractivity (Wildman–Crippen MR) is 99.0 cm³/mol. The number of hydrogen-bond acceptors (Lipinski definition) is 3. The number of hydrogen-bond donors (Lipinski definition) is 2. The summed E-state index contributed by atoms with van der Waals surface area (Å²) >= 11 is 0. The van der Waals surface area contributed by atoms with Gasteiger partial charge in [0, 0.05) is 31.7 Å². The molecule has 1 fully saturated rings. The van der Waals surface area contributed by atoms with Gasteiger partial charge >= 0.3 is 6.03 Å². The van der Waals surface area contributed by atoms with Crippen molar-refractivity contribution in [2.75, 3.05) is 32.1 Å². The molecule has 138 valence electrons. The Labute approximate surface area is 149 Å². The lowest BCUT2D eigenvalue weighted by atomic mass is 9.98. The molecule has 0 unspecified atom stereocenters. The van der Waals surface area contributed by atoms with Gasteiger partial charge in [-0.15, -0.1) is 0 Å². The van der Waals surface area contributed by atoms with Crippen molar-refractivity contribution < 1.29 is 14.3 Å². The lowest BCUT2D eigenvalue weighted by Crippen LogP contribution is -2.45. The zero-order valence-corrected chi connectivity index (χ0v) is 15.4. The lowest BCUT2D eigenvalue weighted by molar-refractivity contribution is -0.121. The van der Waals surface area contributed by atoms with E-state index in [0.717, 1.165) is 42.8 Å². The number of nitrogens with one attached hydrogen (secondary N) is 2. The van der Waals surface area contributed by atoms with Crippen molar-refractivity contribution in [2.45, 2.75) is 39.5 Å². The maximum Gasteiger partial charge on any atom is 0.321 e. The van der Waals surface area contributed by atoms with E-state index < -0.39 is 0 Å². The Balaban J connectivity index is 1.86. The molecule has 1 aliphatic rings. The molecule has 0 bridgehead atoms. The standard InChI is InChI=1S/C19H29N3O3/c1-4-6-18(23)20-12-15-7-5-10-22(13-15)19(24)21-16-8-9-17(25-3)14(2)11-16/h8-9,11,15H,4-7,10,12-13H2,1-3H3,(H,20,23)(H,21,24)/t15-/m0/s1. The minimum atomic E-state index is -0.0887. The third-order valence-electron chi connectivity index (χ3n) is 4.52. The van der Waals surface area contributed by atoms with E-state index in [-0.39, 0.29) is 11.9 Å². The van der Waals surface area contributed by atoms with Crippen LogP contribution in [0.15, 0.2) is 18.2 Å². The third-order valence-corrected chi connectivity index (χ3v) is 4.52. The van der Waals surface area contributed by atoms with Crippen molar-refractivity contribution in [3.8, 4) is 5.75 Å². The Morgan fingerprint density at radius 3 is 2.84 bits per heavy atom. The van der Waals surface area contributed by atoms with E-state index >= 15 is 0 Å². The third kappa shape index (κ3) is 5.66. The molecule has 0 spiro atoms. The number of rotatable bonds is 6. The summed E-state index contributed by atoms with van der Waals surface area (Å²) in [5.41, 5.74) is 1.75. The normalized spacial score (nSPS) is 17.1. The number of amides is 3. The van der Waals surface area contributed by atoms with Gasteiger partial charge in [-0.3, -0.25) is 4.79 Å². The molecule has 1 heterocycles. The van der Waals surface area contributed by atoms with Crippen molar-refractivity contribution in [3.05, 3.63) is 23.8 Å². The number of piperidine rings is 1. The summed E-state index contributed by atoms with van der Waals surface area (Å²) in [7, 11) is 1.63. The monoisotopic (exact) mass is 347 g/mol. The van der Waals surface area contributed by atoms with Crippen molar-refractivity contribution in [1.29, 1.82) is 0 Å². The highest BCUT2D eigenvalue weighted by atomic mass is 16.5. The highest BCUT2D eigenvalue weighted by Gasteiger charge is 2.24. The van der Waals surface area contributed by atoms with E-state index in [4.69, 9.17) is 4.74 Å². The Bertz CT molecular complexity index is 604. The molecule has 2 rings (SSSR count). The summed E-state index contributed by atoms with van der Waals surface area (Å²) in [6.07, 6.45) is 3.42. The average Bonchev–Trinajstić information content (AvgIpc) is 2.60. The first kappa shape index (κ1) is 19.1. The number of carbonyl (C=O) groups is 2. The lowest BCUT2D eigenvalue weighted by Gasteiger charge is -2.33. The summed E-state index contributed by atoms with van der Waals surface area (Å²) in [6, 6.07) is 5.51. The summed E-state index contributed by atoms with van der Waals surface area (Å²) in [6.45, 7) is 6.01. The van der Waals surface area contributed by atoms with Crippen molar-refractivity contribution in [3.63, 3.8) is 0 Å². The Morgan fingerprint density at radius 1 is 1.36 bits per heavy atom. The number of methoxy groups -OCH3 is 1.